The fraction of sp³-hybridized carbons (Fsp3) is 0.350. The molecule has 1 aliphatic rings. The first-order chi connectivity index (χ1) is 12.3. The molecule has 1 atom stereocenters. The molecule has 1 unspecified atom stereocenters. The van der Waals surface area contributed by atoms with Crippen molar-refractivity contribution in [2.75, 3.05) is 25.6 Å². The fourth-order valence-corrected chi connectivity index (χ4v) is 3.23. The van der Waals surface area contributed by atoms with E-state index in [1.54, 1.807) is 7.11 Å². The Bertz CT molecular complexity index is 718. The van der Waals surface area contributed by atoms with Crippen molar-refractivity contribution in [3.05, 3.63) is 65.2 Å². The number of para-hydroxylation sites is 1. The maximum atomic E-state index is 12.3. The Morgan fingerprint density at radius 2 is 1.96 bits per heavy atom. The monoisotopic (exact) mass is 339 g/mol. The molecule has 2 aromatic carbocycles. The van der Waals surface area contributed by atoms with Crippen molar-refractivity contribution in [3.8, 4) is 0 Å². The summed E-state index contributed by atoms with van der Waals surface area (Å²) in [7, 11) is 1.68. The van der Waals surface area contributed by atoms with Gasteiger partial charge in [-0.25, -0.2) is 4.79 Å². The Morgan fingerprint density at radius 3 is 2.84 bits per heavy atom. The van der Waals surface area contributed by atoms with E-state index in [0.717, 1.165) is 30.6 Å². The molecule has 25 heavy (non-hydrogen) atoms. The zero-order chi connectivity index (χ0) is 17.5. The molecular formula is C20H25N3O2. The number of methoxy groups -OCH3 is 1. The van der Waals surface area contributed by atoms with E-state index in [1.165, 1.54) is 11.1 Å². The maximum absolute atomic E-state index is 12.3. The van der Waals surface area contributed by atoms with E-state index in [4.69, 9.17) is 4.74 Å². The number of urea groups is 1. The van der Waals surface area contributed by atoms with Crippen LogP contribution in [0.5, 0.6) is 0 Å². The number of carbonyl (C=O) groups is 1. The van der Waals surface area contributed by atoms with E-state index in [1.807, 2.05) is 30.3 Å². The van der Waals surface area contributed by atoms with Crippen molar-refractivity contribution in [1.29, 1.82) is 0 Å². The normalized spacial score (nSPS) is 15.5. The fourth-order valence-electron chi connectivity index (χ4n) is 3.23. The summed E-state index contributed by atoms with van der Waals surface area (Å²) in [5.41, 5.74) is 4.64. The highest BCUT2D eigenvalue weighted by molar-refractivity contribution is 5.75. The number of benzene rings is 2. The van der Waals surface area contributed by atoms with Gasteiger partial charge in [-0.1, -0.05) is 42.5 Å². The van der Waals surface area contributed by atoms with Crippen LogP contribution in [0.3, 0.4) is 0 Å². The van der Waals surface area contributed by atoms with Gasteiger partial charge in [-0.3, -0.25) is 0 Å². The number of fused-ring (bicyclic) bond motifs is 1. The minimum atomic E-state index is -0.131. The highest BCUT2D eigenvalue weighted by Gasteiger charge is 2.23. The molecule has 1 aliphatic carbocycles. The lowest BCUT2D eigenvalue weighted by Gasteiger charge is -2.16. The molecule has 0 aromatic heterocycles. The molecule has 3 rings (SSSR count). The van der Waals surface area contributed by atoms with Gasteiger partial charge in [0.1, 0.15) is 0 Å². The van der Waals surface area contributed by atoms with Crippen molar-refractivity contribution in [2.24, 2.45) is 0 Å². The van der Waals surface area contributed by atoms with Gasteiger partial charge in [0.2, 0.25) is 0 Å². The van der Waals surface area contributed by atoms with Crippen LogP contribution in [0.25, 0.3) is 0 Å². The summed E-state index contributed by atoms with van der Waals surface area (Å²) in [5, 5.41) is 9.38. The summed E-state index contributed by atoms with van der Waals surface area (Å²) in [5.74, 6) is 0. The van der Waals surface area contributed by atoms with Crippen LogP contribution in [-0.4, -0.2) is 26.3 Å². The predicted octanol–water partition coefficient (Wildman–Crippen LogP) is 3.23. The molecule has 0 radical (unpaired) electrons. The Hall–Kier alpha value is -2.53. The standard InChI is InChI=1S/C20H25N3O2/c1-25-13-12-21-18-9-5-3-7-16(18)14-22-20(24)23-19-11-10-15-6-2-4-8-17(15)19/h2-9,19,21H,10-14H2,1H3,(H2,22,23,24). The zero-order valence-electron chi connectivity index (χ0n) is 14.5. The van der Waals surface area contributed by atoms with Crippen molar-refractivity contribution < 1.29 is 9.53 Å². The van der Waals surface area contributed by atoms with Crippen LogP contribution in [0.1, 0.15) is 29.2 Å². The number of nitrogens with one attached hydrogen (secondary N) is 3. The van der Waals surface area contributed by atoms with Gasteiger partial charge in [-0.15, -0.1) is 0 Å². The molecule has 0 heterocycles. The van der Waals surface area contributed by atoms with Gasteiger partial charge in [0.05, 0.1) is 12.6 Å². The zero-order valence-corrected chi connectivity index (χ0v) is 14.5. The SMILES string of the molecule is COCCNc1ccccc1CNC(=O)NC1CCc2ccccc21. The van der Waals surface area contributed by atoms with Crippen LogP contribution in [0.15, 0.2) is 48.5 Å². The number of carbonyl (C=O) groups excluding carboxylic acids is 1. The summed E-state index contributed by atoms with van der Waals surface area (Å²) in [6, 6.07) is 16.3. The molecule has 2 aromatic rings. The van der Waals surface area contributed by atoms with Gasteiger partial charge in [-0.05, 0) is 35.6 Å². The van der Waals surface area contributed by atoms with Gasteiger partial charge >= 0.3 is 6.03 Å². The molecule has 0 bridgehead atoms. The molecule has 3 N–H and O–H groups in total. The molecule has 0 fully saturated rings. The molecule has 132 valence electrons. The highest BCUT2D eigenvalue weighted by atomic mass is 16.5. The molecule has 0 saturated carbocycles. The second-order valence-electron chi connectivity index (χ2n) is 6.19. The van der Waals surface area contributed by atoms with Crippen molar-refractivity contribution >= 4 is 11.7 Å². The number of ether oxygens (including phenoxy) is 1. The Balaban J connectivity index is 1.53. The first-order valence-electron chi connectivity index (χ1n) is 8.71. The Kier molecular flexibility index (Phi) is 5.90. The largest absolute Gasteiger partial charge is 0.383 e. The van der Waals surface area contributed by atoms with Crippen molar-refractivity contribution in [2.45, 2.75) is 25.4 Å². The maximum Gasteiger partial charge on any atom is 0.315 e. The predicted molar refractivity (Wildman–Crippen MR) is 99.7 cm³/mol. The third-order valence-corrected chi connectivity index (χ3v) is 4.52. The van der Waals surface area contributed by atoms with E-state index < -0.39 is 0 Å². The summed E-state index contributed by atoms with van der Waals surface area (Å²) >= 11 is 0. The lowest BCUT2D eigenvalue weighted by Crippen LogP contribution is -2.37. The Labute approximate surface area is 148 Å². The average molecular weight is 339 g/mol. The topological polar surface area (TPSA) is 62.4 Å². The first-order valence-corrected chi connectivity index (χ1v) is 8.71. The van der Waals surface area contributed by atoms with Gasteiger partial charge in [0, 0.05) is 25.9 Å². The van der Waals surface area contributed by atoms with Crippen molar-refractivity contribution in [1.82, 2.24) is 10.6 Å². The van der Waals surface area contributed by atoms with Gasteiger partial charge in [0.25, 0.3) is 0 Å². The summed E-state index contributed by atoms with van der Waals surface area (Å²) in [4.78, 5) is 12.3. The van der Waals surface area contributed by atoms with Crippen LogP contribution in [0.2, 0.25) is 0 Å². The molecule has 0 saturated heterocycles. The summed E-state index contributed by atoms with van der Waals surface area (Å²) in [6.45, 7) is 1.86. The van der Waals surface area contributed by atoms with Gasteiger partial charge in [0.15, 0.2) is 0 Å². The quantitative estimate of drug-likeness (QED) is 0.679. The lowest BCUT2D eigenvalue weighted by molar-refractivity contribution is 0.210. The molecule has 0 spiro atoms. The minimum Gasteiger partial charge on any atom is -0.383 e. The van der Waals surface area contributed by atoms with E-state index >= 15 is 0 Å². The Morgan fingerprint density at radius 1 is 1.16 bits per heavy atom. The number of hydrogen-bond donors (Lipinski definition) is 3. The van der Waals surface area contributed by atoms with E-state index in [0.29, 0.717) is 13.2 Å². The highest BCUT2D eigenvalue weighted by Crippen LogP contribution is 2.30. The second kappa shape index (κ2) is 8.53. The van der Waals surface area contributed by atoms with Gasteiger partial charge < -0.3 is 20.7 Å². The van der Waals surface area contributed by atoms with Crippen LogP contribution in [0.4, 0.5) is 10.5 Å². The number of amides is 2. The summed E-state index contributed by atoms with van der Waals surface area (Å²) in [6.07, 6.45) is 1.98. The third kappa shape index (κ3) is 4.51. The molecule has 5 nitrogen and oxygen atoms in total. The molecule has 2 amide bonds. The van der Waals surface area contributed by atoms with Gasteiger partial charge in [-0.2, -0.15) is 0 Å². The summed E-state index contributed by atoms with van der Waals surface area (Å²) < 4.78 is 5.06. The number of hydrogen-bond acceptors (Lipinski definition) is 3. The van der Waals surface area contributed by atoms with E-state index in [2.05, 4.69) is 34.1 Å². The minimum absolute atomic E-state index is 0.103. The number of anilines is 1. The van der Waals surface area contributed by atoms with Crippen LogP contribution < -0.4 is 16.0 Å². The molecule has 5 heteroatoms. The van der Waals surface area contributed by atoms with Crippen molar-refractivity contribution in [3.63, 3.8) is 0 Å². The van der Waals surface area contributed by atoms with E-state index in [9.17, 15) is 4.79 Å². The average Bonchev–Trinajstić information content (AvgIpc) is 3.04. The molecular weight excluding hydrogens is 314 g/mol. The smallest absolute Gasteiger partial charge is 0.315 e. The van der Waals surface area contributed by atoms with Crippen LogP contribution >= 0.6 is 0 Å². The van der Waals surface area contributed by atoms with Crippen LogP contribution in [-0.2, 0) is 17.7 Å². The number of rotatable bonds is 7. The first kappa shape index (κ1) is 17.3. The molecule has 0 aliphatic heterocycles. The second-order valence-corrected chi connectivity index (χ2v) is 6.19. The lowest BCUT2D eigenvalue weighted by atomic mass is 10.1. The van der Waals surface area contributed by atoms with Crippen LogP contribution in [0, 0.1) is 0 Å². The third-order valence-electron chi connectivity index (χ3n) is 4.52. The van der Waals surface area contributed by atoms with E-state index in [-0.39, 0.29) is 12.1 Å². The number of aryl methyl sites for hydroxylation is 1.